The van der Waals surface area contributed by atoms with Gasteiger partial charge in [-0.3, -0.25) is 0 Å². The van der Waals surface area contributed by atoms with Crippen LogP contribution in [0.5, 0.6) is 0 Å². The van der Waals surface area contributed by atoms with E-state index in [1.165, 1.54) is 18.4 Å². The van der Waals surface area contributed by atoms with E-state index in [0.717, 1.165) is 11.6 Å². The molecule has 0 radical (unpaired) electrons. The molecule has 2 rings (SSSR count). The Morgan fingerprint density at radius 2 is 1.50 bits per heavy atom. The van der Waals surface area contributed by atoms with Gasteiger partial charge in [-0.25, -0.2) is 0 Å². The van der Waals surface area contributed by atoms with Gasteiger partial charge < -0.3 is 5.73 Å². The van der Waals surface area contributed by atoms with Gasteiger partial charge in [0, 0.05) is 5.69 Å². The summed E-state index contributed by atoms with van der Waals surface area (Å²) in [4.78, 5) is 0. The van der Waals surface area contributed by atoms with Gasteiger partial charge in [0.1, 0.15) is 0 Å². The van der Waals surface area contributed by atoms with Crippen LogP contribution in [0.2, 0.25) is 0 Å². The van der Waals surface area contributed by atoms with Crippen LogP contribution < -0.4 is 5.73 Å². The van der Waals surface area contributed by atoms with E-state index in [0.29, 0.717) is 0 Å². The Morgan fingerprint density at radius 1 is 1.00 bits per heavy atom. The first-order valence-corrected chi connectivity index (χ1v) is 5.72. The van der Waals surface area contributed by atoms with E-state index < -0.39 is 0 Å². The maximum absolute atomic E-state index is 5.76. The highest BCUT2D eigenvalue weighted by Gasteiger charge is 2.24. The van der Waals surface area contributed by atoms with Crippen LogP contribution in [0.25, 0.3) is 0 Å². The van der Waals surface area contributed by atoms with E-state index in [1.54, 1.807) is 0 Å². The van der Waals surface area contributed by atoms with Crippen LogP contribution in [0.15, 0.2) is 24.3 Å². The van der Waals surface area contributed by atoms with Gasteiger partial charge in [-0.2, -0.15) is 0 Å². The van der Waals surface area contributed by atoms with Crippen molar-refractivity contribution < 1.29 is 0 Å². The van der Waals surface area contributed by atoms with Gasteiger partial charge in [0.05, 0.1) is 0 Å². The molecule has 1 aliphatic carbocycles. The second-order valence-corrected chi connectivity index (χ2v) is 2.90. The lowest BCUT2D eigenvalue weighted by Gasteiger charge is -2.00. The molecule has 0 amide bonds. The molecule has 14 heavy (non-hydrogen) atoms. The molecule has 1 aromatic rings. The molecule has 0 spiro atoms. The van der Waals surface area contributed by atoms with Crippen LogP contribution in [0.1, 0.15) is 52.0 Å². The Kier molecular flexibility index (Phi) is 6.91. The molecule has 0 saturated heterocycles. The maximum Gasteiger partial charge on any atom is 0.0349 e. The normalized spacial score (nSPS) is 13.1. The third-order valence-corrected chi connectivity index (χ3v) is 2.01. The SMILES string of the molecule is CC.CC.Nc1ccccc1C1CC1. The summed E-state index contributed by atoms with van der Waals surface area (Å²) in [6, 6.07) is 8.16. The summed E-state index contributed by atoms with van der Waals surface area (Å²) in [6.07, 6.45) is 2.66. The molecular formula is C13H23N. The zero-order valence-electron chi connectivity index (χ0n) is 9.88. The van der Waals surface area contributed by atoms with Gasteiger partial charge in [0.2, 0.25) is 0 Å². The second-order valence-electron chi connectivity index (χ2n) is 2.90. The predicted octanol–water partition coefficient (Wildman–Crippen LogP) is 4.20. The highest BCUT2D eigenvalue weighted by molar-refractivity contribution is 5.49. The van der Waals surface area contributed by atoms with E-state index in [-0.39, 0.29) is 0 Å². The highest BCUT2D eigenvalue weighted by Crippen LogP contribution is 2.42. The van der Waals surface area contributed by atoms with Gasteiger partial charge in [-0.1, -0.05) is 45.9 Å². The fourth-order valence-electron chi connectivity index (χ4n) is 1.28. The highest BCUT2D eigenvalue weighted by atomic mass is 14.6. The molecular weight excluding hydrogens is 170 g/mol. The molecule has 0 atom stereocenters. The molecule has 0 aromatic heterocycles. The minimum atomic E-state index is 0.779. The zero-order valence-corrected chi connectivity index (χ0v) is 9.88. The van der Waals surface area contributed by atoms with Crippen molar-refractivity contribution in [2.45, 2.75) is 46.5 Å². The van der Waals surface area contributed by atoms with Gasteiger partial charge in [-0.15, -0.1) is 0 Å². The smallest absolute Gasteiger partial charge is 0.0349 e. The number of anilines is 1. The summed E-state index contributed by atoms with van der Waals surface area (Å²) in [5.41, 5.74) is 8.07. The number of rotatable bonds is 1. The number of benzene rings is 1. The average molecular weight is 193 g/mol. The van der Waals surface area contributed by atoms with Gasteiger partial charge in [0.15, 0.2) is 0 Å². The lowest BCUT2D eigenvalue weighted by Crippen LogP contribution is -1.90. The van der Waals surface area contributed by atoms with E-state index >= 15 is 0 Å². The quantitative estimate of drug-likeness (QED) is 0.665. The van der Waals surface area contributed by atoms with Crippen LogP contribution in [0, 0.1) is 0 Å². The number of hydrogen-bond acceptors (Lipinski definition) is 1. The number of hydrogen-bond donors (Lipinski definition) is 1. The Hall–Kier alpha value is -0.980. The summed E-state index contributed by atoms with van der Waals surface area (Å²) in [5.74, 6) is 0.779. The van der Waals surface area contributed by atoms with Crippen LogP contribution in [0.4, 0.5) is 5.69 Å². The van der Waals surface area contributed by atoms with E-state index in [9.17, 15) is 0 Å². The number of nitrogen functional groups attached to an aromatic ring is 1. The molecule has 0 heterocycles. The Labute approximate surface area is 88.3 Å². The molecule has 1 aromatic carbocycles. The van der Waals surface area contributed by atoms with Crippen LogP contribution >= 0.6 is 0 Å². The average Bonchev–Trinajstić information content (AvgIpc) is 3.08. The molecule has 80 valence electrons. The summed E-state index contributed by atoms with van der Waals surface area (Å²) in [7, 11) is 0. The van der Waals surface area contributed by atoms with Crippen LogP contribution in [-0.4, -0.2) is 0 Å². The van der Waals surface area contributed by atoms with E-state index in [2.05, 4.69) is 12.1 Å². The van der Waals surface area contributed by atoms with Crippen LogP contribution in [-0.2, 0) is 0 Å². The molecule has 1 saturated carbocycles. The van der Waals surface area contributed by atoms with Crippen molar-refractivity contribution in [1.29, 1.82) is 0 Å². The standard InChI is InChI=1S/C9H11N.2C2H6/c10-9-4-2-1-3-8(9)7-5-6-7;2*1-2/h1-4,7H,5-6,10H2;2*1-2H3. The summed E-state index contributed by atoms with van der Waals surface area (Å²) >= 11 is 0. The van der Waals surface area contributed by atoms with Crippen molar-refractivity contribution in [1.82, 2.24) is 0 Å². The van der Waals surface area contributed by atoms with Crippen molar-refractivity contribution in [3.05, 3.63) is 29.8 Å². The molecule has 1 nitrogen and oxygen atoms in total. The second kappa shape index (κ2) is 7.43. The van der Waals surface area contributed by atoms with Gasteiger partial charge >= 0.3 is 0 Å². The monoisotopic (exact) mass is 193 g/mol. The molecule has 1 aliphatic rings. The predicted molar refractivity (Wildman–Crippen MR) is 65.5 cm³/mol. The van der Waals surface area contributed by atoms with E-state index in [1.807, 2.05) is 39.8 Å². The lowest BCUT2D eigenvalue weighted by molar-refractivity contribution is 1.14. The molecule has 1 heteroatoms. The van der Waals surface area contributed by atoms with Crippen molar-refractivity contribution in [3.63, 3.8) is 0 Å². The summed E-state index contributed by atoms with van der Waals surface area (Å²) < 4.78 is 0. The van der Waals surface area contributed by atoms with E-state index in [4.69, 9.17) is 5.73 Å². The van der Waals surface area contributed by atoms with Gasteiger partial charge in [0.25, 0.3) is 0 Å². The fourth-order valence-corrected chi connectivity index (χ4v) is 1.28. The zero-order chi connectivity index (χ0) is 11.0. The Bertz CT molecular complexity index is 239. The summed E-state index contributed by atoms with van der Waals surface area (Å²) in [6.45, 7) is 8.00. The van der Waals surface area contributed by atoms with Crippen molar-refractivity contribution in [2.24, 2.45) is 0 Å². The first kappa shape index (κ1) is 13.0. The topological polar surface area (TPSA) is 26.0 Å². The lowest BCUT2D eigenvalue weighted by atomic mass is 10.1. The van der Waals surface area contributed by atoms with Crippen molar-refractivity contribution in [3.8, 4) is 0 Å². The third-order valence-electron chi connectivity index (χ3n) is 2.01. The first-order valence-electron chi connectivity index (χ1n) is 5.72. The van der Waals surface area contributed by atoms with Crippen molar-refractivity contribution >= 4 is 5.69 Å². The van der Waals surface area contributed by atoms with Crippen LogP contribution in [0.3, 0.4) is 0 Å². The minimum Gasteiger partial charge on any atom is -0.398 e. The third kappa shape index (κ3) is 3.82. The molecule has 2 N–H and O–H groups in total. The molecule has 1 fully saturated rings. The Morgan fingerprint density at radius 3 is 1.93 bits per heavy atom. The Balaban J connectivity index is 0.000000379. The number of para-hydroxylation sites is 1. The summed E-state index contributed by atoms with van der Waals surface area (Å²) in [5, 5.41) is 0. The van der Waals surface area contributed by atoms with Gasteiger partial charge in [-0.05, 0) is 30.4 Å². The molecule has 0 unspecified atom stereocenters. The minimum absolute atomic E-state index is 0.779. The molecule has 0 aliphatic heterocycles. The number of nitrogens with two attached hydrogens (primary N) is 1. The fraction of sp³-hybridized carbons (Fsp3) is 0.538. The van der Waals surface area contributed by atoms with Crippen molar-refractivity contribution in [2.75, 3.05) is 5.73 Å². The first-order chi connectivity index (χ1) is 6.88. The largest absolute Gasteiger partial charge is 0.398 e. The molecule has 0 bridgehead atoms. The maximum atomic E-state index is 5.76.